The van der Waals surface area contributed by atoms with E-state index in [1.807, 2.05) is 45.0 Å². The average Bonchev–Trinajstić information content (AvgIpc) is 2.98. The van der Waals surface area contributed by atoms with Crippen LogP contribution in [0.25, 0.3) is 0 Å². The van der Waals surface area contributed by atoms with Crippen molar-refractivity contribution in [3.05, 3.63) is 106 Å². The zero-order valence-corrected chi connectivity index (χ0v) is 24.6. The Balaban J connectivity index is 1.77. The number of amides is 2. The molecule has 42 heavy (non-hydrogen) atoms. The predicted octanol–water partition coefficient (Wildman–Crippen LogP) is 5.17. The van der Waals surface area contributed by atoms with Gasteiger partial charge in [-0.2, -0.15) is 0 Å². The Labute approximate surface area is 245 Å². The molecule has 4 rings (SSSR count). The first-order chi connectivity index (χ1) is 19.8. The van der Waals surface area contributed by atoms with Gasteiger partial charge in [-0.25, -0.2) is 13.6 Å². The number of carbonyl (C=O) groups is 3. The van der Waals surface area contributed by atoms with Gasteiger partial charge in [0.05, 0.1) is 24.8 Å². The second-order valence-electron chi connectivity index (χ2n) is 11.8. The number of nitrogens with zero attached hydrogens (tertiary/aromatic N) is 2. The van der Waals surface area contributed by atoms with E-state index in [2.05, 4.69) is 0 Å². The van der Waals surface area contributed by atoms with Crippen LogP contribution in [-0.4, -0.2) is 46.8 Å². The third kappa shape index (κ3) is 6.36. The normalized spacial score (nSPS) is 16.3. The number of hydrogen-bond acceptors (Lipinski definition) is 5. The second kappa shape index (κ2) is 12.4. The lowest BCUT2D eigenvalue weighted by Crippen LogP contribution is -2.59. The summed E-state index contributed by atoms with van der Waals surface area (Å²) in [6, 6.07) is 15.3. The highest BCUT2D eigenvalue weighted by molar-refractivity contribution is 5.91. The molecule has 1 aliphatic heterocycles. The van der Waals surface area contributed by atoms with Crippen molar-refractivity contribution < 1.29 is 27.9 Å². The first-order valence-electron chi connectivity index (χ1n) is 13.9. The molecular weight excluding hydrogens is 540 g/mol. The molecular formula is C33H37F2N3O4. The van der Waals surface area contributed by atoms with Crippen LogP contribution >= 0.6 is 0 Å². The lowest BCUT2D eigenvalue weighted by Gasteiger charge is -2.42. The molecule has 3 atom stereocenters. The molecule has 2 N–H and O–H groups in total. The van der Waals surface area contributed by atoms with E-state index in [1.54, 1.807) is 31.2 Å². The van der Waals surface area contributed by atoms with Crippen LogP contribution in [0.1, 0.15) is 66.3 Å². The second-order valence-corrected chi connectivity index (χ2v) is 11.8. The van der Waals surface area contributed by atoms with Gasteiger partial charge in [0, 0.05) is 25.1 Å². The van der Waals surface area contributed by atoms with Crippen molar-refractivity contribution in [1.82, 2.24) is 9.80 Å². The van der Waals surface area contributed by atoms with Gasteiger partial charge in [-0.1, -0.05) is 69.3 Å². The van der Waals surface area contributed by atoms with E-state index < -0.39 is 47.1 Å². The van der Waals surface area contributed by atoms with Gasteiger partial charge >= 0.3 is 5.97 Å². The summed E-state index contributed by atoms with van der Waals surface area (Å²) in [5.74, 6) is -3.35. The van der Waals surface area contributed by atoms with Crippen LogP contribution in [0.4, 0.5) is 8.78 Å². The Morgan fingerprint density at radius 3 is 2.26 bits per heavy atom. The van der Waals surface area contributed by atoms with Gasteiger partial charge in [0.1, 0.15) is 6.04 Å². The zero-order chi connectivity index (χ0) is 30.8. The monoisotopic (exact) mass is 577 g/mol. The maximum absolute atomic E-state index is 15.0. The van der Waals surface area contributed by atoms with Crippen molar-refractivity contribution in [2.75, 3.05) is 7.11 Å². The largest absolute Gasteiger partial charge is 0.465 e. The van der Waals surface area contributed by atoms with E-state index in [9.17, 15) is 18.8 Å². The minimum Gasteiger partial charge on any atom is -0.465 e. The fourth-order valence-electron chi connectivity index (χ4n) is 5.19. The topological polar surface area (TPSA) is 92.9 Å². The number of hydrogen-bond donors (Lipinski definition) is 1. The molecule has 0 saturated heterocycles. The smallest absolute Gasteiger partial charge is 0.337 e. The summed E-state index contributed by atoms with van der Waals surface area (Å²) in [5.41, 5.74) is 8.69. The Kier molecular flexibility index (Phi) is 9.11. The molecule has 1 heterocycles. The Morgan fingerprint density at radius 1 is 1.00 bits per heavy atom. The first-order valence-corrected chi connectivity index (χ1v) is 13.9. The number of esters is 1. The standard InChI is InChI=1S/C33H37F2N3O4/c1-20(25-11-8-12-26(34)28(25)35)37(18-21-13-15-22(16-14-21)32(41)42-5)30(39)27-17-23-9-6-7-10-24(23)19-38(27)31(40)29(36)33(2,3)4/h6-16,20,27,29H,17-19,36H2,1-5H3/t20-,27+,29-/m1/s1. The van der Waals surface area contributed by atoms with Crippen molar-refractivity contribution in [3.8, 4) is 0 Å². The fourth-order valence-corrected chi connectivity index (χ4v) is 5.19. The lowest BCUT2D eigenvalue weighted by molar-refractivity contribution is -0.151. The number of carbonyl (C=O) groups excluding carboxylic acids is 3. The molecule has 1 aliphatic rings. The van der Waals surface area contributed by atoms with Crippen LogP contribution < -0.4 is 5.73 Å². The molecule has 3 aromatic carbocycles. The van der Waals surface area contributed by atoms with E-state index in [0.29, 0.717) is 11.1 Å². The summed E-state index contributed by atoms with van der Waals surface area (Å²) < 4.78 is 34.1. The van der Waals surface area contributed by atoms with Crippen LogP contribution in [0.3, 0.4) is 0 Å². The highest BCUT2D eigenvalue weighted by Gasteiger charge is 2.42. The fraction of sp³-hybridized carbons (Fsp3) is 0.364. The van der Waals surface area contributed by atoms with Crippen molar-refractivity contribution in [2.45, 2.75) is 65.3 Å². The number of nitrogens with two attached hydrogens (primary N) is 1. The number of ether oxygens (including phenoxy) is 1. The van der Waals surface area contributed by atoms with Gasteiger partial charge < -0.3 is 20.3 Å². The van der Waals surface area contributed by atoms with Crippen LogP contribution in [0.15, 0.2) is 66.7 Å². The summed E-state index contributed by atoms with van der Waals surface area (Å²) in [7, 11) is 1.28. The van der Waals surface area contributed by atoms with Gasteiger partial charge in [0.15, 0.2) is 11.6 Å². The third-order valence-corrected chi connectivity index (χ3v) is 7.93. The first kappa shape index (κ1) is 30.8. The maximum atomic E-state index is 15.0. The summed E-state index contributed by atoms with van der Waals surface area (Å²) in [6.45, 7) is 7.43. The number of rotatable bonds is 7. The molecule has 3 aromatic rings. The Hall–Kier alpha value is -4.11. The SMILES string of the molecule is COC(=O)c1ccc(CN(C(=O)[C@@H]2Cc3ccccc3CN2C(=O)[C@@H](N)C(C)(C)C)[C@H](C)c2cccc(F)c2F)cc1. The molecule has 7 nitrogen and oxygen atoms in total. The molecule has 0 unspecified atom stereocenters. The predicted molar refractivity (Wildman–Crippen MR) is 155 cm³/mol. The van der Waals surface area contributed by atoms with Gasteiger partial charge in [-0.15, -0.1) is 0 Å². The van der Waals surface area contributed by atoms with Crippen molar-refractivity contribution in [3.63, 3.8) is 0 Å². The summed E-state index contributed by atoms with van der Waals surface area (Å²) in [5, 5.41) is 0. The molecule has 0 aliphatic carbocycles. The molecule has 0 bridgehead atoms. The average molecular weight is 578 g/mol. The number of methoxy groups -OCH3 is 1. The molecule has 2 amide bonds. The van der Waals surface area contributed by atoms with Crippen LogP contribution in [0.5, 0.6) is 0 Å². The molecule has 222 valence electrons. The van der Waals surface area contributed by atoms with E-state index >= 15 is 4.39 Å². The molecule has 0 spiro atoms. The number of fused-ring (bicyclic) bond motifs is 1. The summed E-state index contributed by atoms with van der Waals surface area (Å²) in [6.07, 6.45) is 0.244. The maximum Gasteiger partial charge on any atom is 0.337 e. The summed E-state index contributed by atoms with van der Waals surface area (Å²) >= 11 is 0. The highest BCUT2D eigenvalue weighted by atomic mass is 19.2. The van der Waals surface area contributed by atoms with Gasteiger partial charge in [0.2, 0.25) is 11.8 Å². The van der Waals surface area contributed by atoms with Crippen LogP contribution in [0, 0.1) is 17.0 Å². The van der Waals surface area contributed by atoms with Crippen LogP contribution in [-0.2, 0) is 33.8 Å². The van der Waals surface area contributed by atoms with Gasteiger partial charge in [-0.05, 0) is 47.2 Å². The summed E-state index contributed by atoms with van der Waals surface area (Å²) in [4.78, 5) is 43.2. The Morgan fingerprint density at radius 2 is 1.64 bits per heavy atom. The van der Waals surface area contributed by atoms with Crippen molar-refractivity contribution in [1.29, 1.82) is 0 Å². The molecule has 0 fully saturated rings. The van der Waals surface area contributed by atoms with Crippen molar-refractivity contribution >= 4 is 17.8 Å². The number of halogens is 2. The van der Waals surface area contributed by atoms with Gasteiger partial charge in [0.25, 0.3) is 0 Å². The van der Waals surface area contributed by atoms with E-state index in [4.69, 9.17) is 10.5 Å². The highest BCUT2D eigenvalue weighted by Crippen LogP contribution is 2.32. The molecule has 0 radical (unpaired) electrons. The molecule has 9 heteroatoms. The van der Waals surface area contributed by atoms with E-state index in [1.165, 1.54) is 29.0 Å². The number of benzene rings is 3. The minimum atomic E-state index is -1.04. The molecule has 0 aromatic heterocycles. The van der Waals surface area contributed by atoms with Crippen molar-refractivity contribution in [2.24, 2.45) is 11.1 Å². The Bertz CT molecular complexity index is 1470. The van der Waals surface area contributed by atoms with E-state index in [-0.39, 0.29) is 31.0 Å². The van der Waals surface area contributed by atoms with Crippen LogP contribution in [0.2, 0.25) is 0 Å². The minimum absolute atomic E-state index is 0.00927. The van der Waals surface area contributed by atoms with E-state index in [0.717, 1.165) is 17.2 Å². The lowest BCUT2D eigenvalue weighted by atomic mass is 9.84. The zero-order valence-electron chi connectivity index (χ0n) is 24.6. The quantitative estimate of drug-likeness (QED) is 0.392. The molecule has 0 saturated carbocycles. The van der Waals surface area contributed by atoms with Gasteiger partial charge in [-0.3, -0.25) is 9.59 Å². The third-order valence-electron chi connectivity index (χ3n) is 7.93.